The van der Waals surface area contributed by atoms with Gasteiger partial charge >= 0.3 is 0 Å². The minimum Gasteiger partial charge on any atom is -0.394 e. The second-order valence-electron chi connectivity index (χ2n) is 11.9. The SMILES string of the molecule is CO[C@@H]1[C@@H](n2cc(-c3cc(F)c(F)c(F)c3)nn2)[C@@H](O)[C@@H](CO)O[C@@H]1Cc1cc(C2CCN([S@@](=O)C(C)(C)C)CC2)on1. The van der Waals surface area contributed by atoms with E-state index in [9.17, 15) is 27.6 Å². The van der Waals surface area contributed by atoms with Crippen molar-refractivity contribution in [3.63, 3.8) is 0 Å². The van der Waals surface area contributed by atoms with Gasteiger partial charge in [0.25, 0.3) is 0 Å². The molecule has 2 saturated heterocycles. The largest absolute Gasteiger partial charge is 0.394 e. The van der Waals surface area contributed by atoms with E-state index in [-0.39, 0.29) is 28.3 Å². The van der Waals surface area contributed by atoms with E-state index < -0.39 is 65.5 Å². The first-order valence-corrected chi connectivity index (χ1v) is 15.2. The molecular formula is C28H36F3N5O6S. The smallest absolute Gasteiger partial charge is 0.194 e. The standard InChI is InChI=1S/C28H36F3N5O6S/c1-28(2,3)43(39)35-7-5-15(6-8-35)21-11-17(33-42-21)12-22-27(40-4)25(26(38)23(14-37)41-22)36-13-20(32-34-36)16-9-18(29)24(31)19(30)10-16/h9-11,13,15,22-23,25-27,37-38H,5-8,12,14H2,1-4H3/t22-,23-,25+,26+,27+,43+/m1/s1. The van der Waals surface area contributed by atoms with Gasteiger partial charge in [-0.2, -0.15) is 0 Å². The average Bonchev–Trinajstić information content (AvgIpc) is 3.65. The van der Waals surface area contributed by atoms with E-state index in [1.54, 1.807) is 0 Å². The van der Waals surface area contributed by atoms with Crippen molar-refractivity contribution in [3.8, 4) is 11.3 Å². The topological polar surface area (TPSA) is 136 Å². The molecule has 0 bridgehead atoms. The molecule has 11 nitrogen and oxygen atoms in total. The van der Waals surface area contributed by atoms with Crippen LogP contribution in [0.4, 0.5) is 13.2 Å². The molecule has 236 valence electrons. The molecule has 2 N–H and O–H groups in total. The maximum atomic E-state index is 13.8. The minimum absolute atomic E-state index is 0.0426. The molecule has 0 spiro atoms. The molecular weight excluding hydrogens is 591 g/mol. The van der Waals surface area contributed by atoms with Crippen LogP contribution in [0.2, 0.25) is 0 Å². The predicted octanol–water partition coefficient (Wildman–Crippen LogP) is 2.91. The van der Waals surface area contributed by atoms with Crippen LogP contribution in [-0.2, 0) is 26.9 Å². The summed E-state index contributed by atoms with van der Waals surface area (Å²) >= 11 is 0. The number of hydrogen-bond donors (Lipinski definition) is 2. The van der Waals surface area contributed by atoms with Crippen LogP contribution in [0, 0.1) is 17.5 Å². The van der Waals surface area contributed by atoms with Crippen LogP contribution < -0.4 is 0 Å². The lowest BCUT2D eigenvalue weighted by atomic mass is 9.90. The third kappa shape index (κ3) is 6.56. The Labute approximate surface area is 249 Å². The summed E-state index contributed by atoms with van der Waals surface area (Å²) in [5.74, 6) is -3.50. The van der Waals surface area contributed by atoms with Crippen LogP contribution in [0.1, 0.15) is 57.0 Å². The average molecular weight is 628 g/mol. The summed E-state index contributed by atoms with van der Waals surface area (Å²) in [6.45, 7) is 6.73. The highest BCUT2D eigenvalue weighted by Crippen LogP contribution is 2.35. The first-order valence-electron chi connectivity index (χ1n) is 14.1. The summed E-state index contributed by atoms with van der Waals surface area (Å²) in [5, 5.41) is 33.3. The number of rotatable bonds is 8. The molecule has 0 aliphatic carbocycles. The summed E-state index contributed by atoms with van der Waals surface area (Å²) in [6, 6.07) is 2.56. The Hall–Kier alpha value is -2.69. The first kappa shape index (κ1) is 31.7. The van der Waals surface area contributed by atoms with Crippen molar-refractivity contribution in [3.05, 3.63) is 53.3 Å². The molecule has 0 amide bonds. The molecule has 2 fully saturated rings. The second kappa shape index (κ2) is 12.7. The number of hydrogen-bond acceptors (Lipinski definition) is 9. The van der Waals surface area contributed by atoms with Gasteiger partial charge in [0.1, 0.15) is 35.8 Å². The zero-order valence-corrected chi connectivity index (χ0v) is 25.1. The monoisotopic (exact) mass is 627 g/mol. The molecule has 43 heavy (non-hydrogen) atoms. The molecule has 3 aromatic rings. The summed E-state index contributed by atoms with van der Waals surface area (Å²) in [6.07, 6.45) is -0.653. The number of nitrogens with zero attached hydrogens (tertiary/aromatic N) is 5. The Bertz CT molecular complexity index is 1420. The van der Waals surface area contributed by atoms with E-state index in [1.807, 2.05) is 31.1 Å². The highest BCUT2D eigenvalue weighted by atomic mass is 32.2. The normalized spacial score (nSPS) is 26.6. The Morgan fingerprint density at radius 2 is 1.79 bits per heavy atom. The third-order valence-corrected chi connectivity index (χ3v) is 9.81. The number of methoxy groups -OCH3 is 1. The Balaban J connectivity index is 1.32. The van der Waals surface area contributed by atoms with Crippen molar-refractivity contribution in [2.45, 2.75) is 81.2 Å². The number of piperidine rings is 1. The van der Waals surface area contributed by atoms with Crippen molar-refractivity contribution in [2.75, 3.05) is 26.8 Å². The molecule has 0 radical (unpaired) electrons. The summed E-state index contributed by atoms with van der Waals surface area (Å²) in [7, 11) is 0.353. The zero-order chi connectivity index (χ0) is 31.1. The number of ether oxygens (including phenoxy) is 2. The quantitative estimate of drug-likeness (QED) is 0.362. The fraction of sp³-hybridized carbons (Fsp3) is 0.607. The van der Waals surface area contributed by atoms with Gasteiger partial charge in [-0.05, 0) is 45.7 Å². The number of aromatic nitrogens is 4. The molecule has 2 aromatic heterocycles. The van der Waals surface area contributed by atoms with Crippen LogP contribution in [0.15, 0.2) is 28.9 Å². The molecule has 5 rings (SSSR count). The van der Waals surface area contributed by atoms with Gasteiger partial charge in [-0.1, -0.05) is 10.4 Å². The fourth-order valence-electron chi connectivity index (χ4n) is 5.70. The molecule has 6 atom stereocenters. The molecule has 1 aromatic carbocycles. The lowest BCUT2D eigenvalue weighted by Gasteiger charge is -2.43. The number of halogens is 3. The number of aliphatic hydroxyl groups is 2. The maximum absolute atomic E-state index is 13.8. The lowest BCUT2D eigenvalue weighted by molar-refractivity contribution is -0.212. The van der Waals surface area contributed by atoms with E-state index in [0.717, 1.165) is 30.7 Å². The van der Waals surface area contributed by atoms with Gasteiger partial charge in [-0.25, -0.2) is 26.4 Å². The highest BCUT2D eigenvalue weighted by molar-refractivity contribution is 7.84. The van der Waals surface area contributed by atoms with Gasteiger partial charge in [0.05, 0.1) is 40.3 Å². The van der Waals surface area contributed by atoms with E-state index in [0.29, 0.717) is 18.8 Å². The molecule has 2 aliphatic rings. The second-order valence-corrected chi connectivity index (χ2v) is 14.1. The van der Waals surface area contributed by atoms with Crippen molar-refractivity contribution >= 4 is 11.0 Å². The zero-order valence-electron chi connectivity index (χ0n) is 24.3. The Kier molecular flexibility index (Phi) is 9.40. The van der Waals surface area contributed by atoms with Crippen molar-refractivity contribution in [2.24, 2.45) is 0 Å². The van der Waals surface area contributed by atoms with Crippen LogP contribution in [0.3, 0.4) is 0 Å². The third-order valence-electron chi connectivity index (χ3n) is 7.93. The molecule has 2 aliphatic heterocycles. The summed E-state index contributed by atoms with van der Waals surface area (Å²) in [4.78, 5) is 0. The number of aliphatic hydroxyl groups excluding tert-OH is 2. The highest BCUT2D eigenvalue weighted by Gasteiger charge is 2.47. The molecule has 4 heterocycles. The van der Waals surface area contributed by atoms with Crippen LogP contribution in [0.25, 0.3) is 11.3 Å². The fourth-order valence-corrected chi connectivity index (χ4v) is 7.02. The first-order chi connectivity index (χ1) is 20.4. The lowest BCUT2D eigenvalue weighted by Crippen LogP contribution is -2.57. The van der Waals surface area contributed by atoms with E-state index in [4.69, 9.17) is 14.0 Å². The van der Waals surface area contributed by atoms with Gasteiger partial charge in [-0.15, -0.1) is 5.10 Å². The van der Waals surface area contributed by atoms with E-state index >= 15 is 0 Å². The number of benzene rings is 1. The van der Waals surface area contributed by atoms with Crippen molar-refractivity contribution < 1.29 is 41.6 Å². The van der Waals surface area contributed by atoms with Gasteiger partial charge in [0.2, 0.25) is 0 Å². The van der Waals surface area contributed by atoms with Gasteiger partial charge in [-0.3, -0.25) is 0 Å². The van der Waals surface area contributed by atoms with E-state index in [1.165, 1.54) is 18.0 Å². The Morgan fingerprint density at radius 3 is 2.40 bits per heavy atom. The molecule has 0 unspecified atom stereocenters. The summed E-state index contributed by atoms with van der Waals surface area (Å²) in [5.41, 5.74) is 0.590. The van der Waals surface area contributed by atoms with Gasteiger partial charge in [0, 0.05) is 44.2 Å². The van der Waals surface area contributed by atoms with Crippen molar-refractivity contribution in [1.82, 2.24) is 24.5 Å². The molecule has 15 heteroatoms. The minimum atomic E-state index is -1.59. The summed E-state index contributed by atoms with van der Waals surface area (Å²) < 4.78 is 74.3. The van der Waals surface area contributed by atoms with Crippen LogP contribution in [0.5, 0.6) is 0 Å². The Morgan fingerprint density at radius 1 is 1.12 bits per heavy atom. The van der Waals surface area contributed by atoms with Crippen molar-refractivity contribution in [1.29, 1.82) is 0 Å². The van der Waals surface area contributed by atoms with Gasteiger partial charge < -0.3 is 24.2 Å². The maximum Gasteiger partial charge on any atom is 0.194 e. The van der Waals surface area contributed by atoms with Gasteiger partial charge in [0.15, 0.2) is 17.5 Å². The van der Waals surface area contributed by atoms with E-state index in [2.05, 4.69) is 15.5 Å². The van der Waals surface area contributed by atoms with Crippen LogP contribution >= 0.6 is 0 Å². The predicted molar refractivity (Wildman–Crippen MR) is 149 cm³/mol. The van der Waals surface area contributed by atoms with Crippen LogP contribution in [-0.4, -0.2) is 94.8 Å². The molecule has 0 saturated carbocycles.